The van der Waals surface area contributed by atoms with E-state index < -0.39 is 0 Å². The van der Waals surface area contributed by atoms with E-state index in [1.807, 2.05) is 12.5 Å². The van der Waals surface area contributed by atoms with Crippen molar-refractivity contribution in [1.82, 2.24) is 14.9 Å². The van der Waals surface area contributed by atoms with Crippen LogP contribution in [0.5, 0.6) is 0 Å². The van der Waals surface area contributed by atoms with Gasteiger partial charge in [-0.1, -0.05) is 6.92 Å². The van der Waals surface area contributed by atoms with Crippen LogP contribution in [-0.4, -0.2) is 35.4 Å². The van der Waals surface area contributed by atoms with Crippen molar-refractivity contribution < 1.29 is 4.74 Å². The van der Waals surface area contributed by atoms with Gasteiger partial charge in [0.15, 0.2) is 0 Å². The predicted octanol–water partition coefficient (Wildman–Crippen LogP) is 1.99. The Morgan fingerprint density at radius 1 is 1.53 bits per heavy atom. The maximum atomic E-state index is 5.25. The van der Waals surface area contributed by atoms with Gasteiger partial charge in [0.05, 0.1) is 12.9 Å². The third kappa shape index (κ3) is 3.07. The van der Waals surface area contributed by atoms with Crippen LogP contribution in [0.1, 0.15) is 38.6 Å². The van der Waals surface area contributed by atoms with E-state index in [-0.39, 0.29) is 0 Å². The highest BCUT2D eigenvalue weighted by molar-refractivity contribution is 4.92. The molecule has 0 aromatic carbocycles. The van der Waals surface area contributed by atoms with E-state index in [4.69, 9.17) is 4.74 Å². The number of methoxy groups -OCH3 is 1. The van der Waals surface area contributed by atoms with Crippen molar-refractivity contribution in [1.29, 1.82) is 0 Å². The van der Waals surface area contributed by atoms with Crippen molar-refractivity contribution in [2.24, 2.45) is 0 Å². The van der Waals surface area contributed by atoms with E-state index in [9.17, 15) is 0 Å². The minimum Gasteiger partial charge on any atom is -0.383 e. The number of aromatic nitrogens is 2. The largest absolute Gasteiger partial charge is 0.383 e. The molecule has 0 amide bonds. The minimum absolute atomic E-state index is 0.467. The Morgan fingerprint density at radius 3 is 3.06 bits per heavy atom. The van der Waals surface area contributed by atoms with Gasteiger partial charge in [0.1, 0.15) is 0 Å². The Labute approximate surface area is 103 Å². The molecule has 4 nitrogen and oxygen atoms in total. The van der Waals surface area contributed by atoms with Crippen molar-refractivity contribution in [2.75, 3.05) is 13.7 Å². The maximum absolute atomic E-state index is 5.25. The summed E-state index contributed by atoms with van der Waals surface area (Å²) in [5.41, 5.74) is 0. The van der Waals surface area contributed by atoms with E-state index in [1.54, 1.807) is 7.11 Å². The van der Waals surface area contributed by atoms with Crippen LogP contribution in [0.15, 0.2) is 18.7 Å². The lowest BCUT2D eigenvalue weighted by molar-refractivity contribution is 0.154. The molecule has 1 N–H and O–H groups in total. The minimum atomic E-state index is 0.467. The third-order valence-corrected chi connectivity index (χ3v) is 3.70. The van der Waals surface area contributed by atoms with Gasteiger partial charge in [0, 0.05) is 37.6 Å². The Kier molecular flexibility index (Phi) is 4.57. The van der Waals surface area contributed by atoms with Crippen molar-refractivity contribution in [3.8, 4) is 0 Å². The van der Waals surface area contributed by atoms with Gasteiger partial charge in [0.25, 0.3) is 0 Å². The number of imidazole rings is 1. The van der Waals surface area contributed by atoms with Crippen molar-refractivity contribution in [3.05, 3.63) is 18.7 Å². The quantitative estimate of drug-likeness (QED) is 0.822. The van der Waals surface area contributed by atoms with Gasteiger partial charge in [-0.25, -0.2) is 4.98 Å². The zero-order valence-electron chi connectivity index (χ0n) is 10.8. The molecule has 1 aliphatic carbocycles. The molecule has 1 aliphatic rings. The maximum Gasteiger partial charge on any atom is 0.0949 e. The highest BCUT2D eigenvalue weighted by Crippen LogP contribution is 2.30. The number of rotatable bonds is 6. The molecular weight excluding hydrogens is 214 g/mol. The first-order valence-corrected chi connectivity index (χ1v) is 6.57. The zero-order valence-corrected chi connectivity index (χ0v) is 10.8. The van der Waals surface area contributed by atoms with Crippen LogP contribution < -0.4 is 5.32 Å². The number of ether oxygens (including phenoxy) is 1. The summed E-state index contributed by atoms with van der Waals surface area (Å²) < 4.78 is 7.49. The second-order valence-corrected chi connectivity index (χ2v) is 4.84. The molecule has 0 radical (unpaired) electrons. The van der Waals surface area contributed by atoms with Crippen LogP contribution in [-0.2, 0) is 4.74 Å². The third-order valence-electron chi connectivity index (χ3n) is 3.70. The van der Waals surface area contributed by atoms with Crippen LogP contribution in [0, 0.1) is 0 Å². The number of hydrogen-bond acceptors (Lipinski definition) is 3. The molecule has 0 spiro atoms. The summed E-state index contributed by atoms with van der Waals surface area (Å²) in [4.78, 5) is 4.15. The summed E-state index contributed by atoms with van der Waals surface area (Å²) in [6.07, 6.45) is 10.8. The lowest BCUT2D eigenvalue weighted by Crippen LogP contribution is -2.42. The van der Waals surface area contributed by atoms with Gasteiger partial charge in [-0.15, -0.1) is 0 Å². The Balaban J connectivity index is 1.95. The highest BCUT2D eigenvalue weighted by Gasteiger charge is 2.29. The van der Waals surface area contributed by atoms with Crippen molar-refractivity contribution in [2.45, 2.75) is 50.7 Å². The summed E-state index contributed by atoms with van der Waals surface area (Å²) in [5, 5.41) is 3.73. The molecule has 4 heteroatoms. The van der Waals surface area contributed by atoms with E-state index in [2.05, 4.69) is 28.0 Å². The molecule has 1 heterocycles. The Bertz CT molecular complexity index is 312. The molecule has 1 aromatic rings. The first kappa shape index (κ1) is 12.6. The summed E-state index contributed by atoms with van der Waals surface area (Å²) in [5.74, 6) is 0. The van der Waals surface area contributed by atoms with Crippen molar-refractivity contribution in [3.63, 3.8) is 0 Å². The van der Waals surface area contributed by atoms with Gasteiger partial charge in [-0.3, -0.25) is 0 Å². The van der Waals surface area contributed by atoms with Crippen molar-refractivity contribution >= 4 is 0 Å². The van der Waals surface area contributed by atoms with E-state index in [0.717, 1.165) is 13.0 Å². The van der Waals surface area contributed by atoms with Crippen LogP contribution in [0.4, 0.5) is 0 Å². The van der Waals surface area contributed by atoms with E-state index in [0.29, 0.717) is 18.1 Å². The number of nitrogens with one attached hydrogen (secondary N) is 1. The van der Waals surface area contributed by atoms with Gasteiger partial charge >= 0.3 is 0 Å². The average molecular weight is 237 g/mol. The molecule has 0 saturated heterocycles. The second-order valence-electron chi connectivity index (χ2n) is 4.84. The number of nitrogens with zero attached hydrogens (tertiary/aromatic N) is 2. The highest BCUT2D eigenvalue weighted by atomic mass is 16.5. The van der Waals surface area contributed by atoms with Gasteiger partial charge < -0.3 is 14.6 Å². The summed E-state index contributed by atoms with van der Waals surface area (Å²) >= 11 is 0. The summed E-state index contributed by atoms with van der Waals surface area (Å²) in [6, 6.07) is 1.59. The smallest absolute Gasteiger partial charge is 0.0949 e. The monoisotopic (exact) mass is 237 g/mol. The summed E-state index contributed by atoms with van der Waals surface area (Å²) in [6.45, 7) is 3.00. The standard InChI is InChI=1S/C13H23N3O/c1-3-11(9-17-2)15-12-5-4-6-13(12)16-8-7-14-10-16/h7-8,10-13,15H,3-6,9H2,1-2H3. The fourth-order valence-electron chi connectivity index (χ4n) is 2.75. The molecule has 0 bridgehead atoms. The van der Waals surface area contributed by atoms with Gasteiger partial charge in [-0.05, 0) is 25.7 Å². The van der Waals surface area contributed by atoms with E-state index in [1.165, 1.54) is 19.3 Å². The van der Waals surface area contributed by atoms with E-state index >= 15 is 0 Å². The van der Waals surface area contributed by atoms with Crippen LogP contribution in [0.25, 0.3) is 0 Å². The SMILES string of the molecule is CCC(COC)NC1CCCC1n1ccnc1. The first-order valence-electron chi connectivity index (χ1n) is 6.57. The lowest BCUT2D eigenvalue weighted by Gasteiger charge is -2.27. The summed E-state index contributed by atoms with van der Waals surface area (Å²) in [7, 11) is 1.77. The second kappa shape index (κ2) is 6.17. The molecule has 1 saturated carbocycles. The molecule has 17 heavy (non-hydrogen) atoms. The average Bonchev–Trinajstić information content (AvgIpc) is 2.98. The lowest BCUT2D eigenvalue weighted by atomic mass is 10.1. The van der Waals surface area contributed by atoms with Gasteiger partial charge in [-0.2, -0.15) is 0 Å². The fraction of sp³-hybridized carbons (Fsp3) is 0.769. The molecule has 3 atom stereocenters. The normalized spacial score (nSPS) is 26.2. The molecule has 1 fully saturated rings. The van der Waals surface area contributed by atoms with Crippen LogP contribution >= 0.6 is 0 Å². The Morgan fingerprint density at radius 2 is 2.41 bits per heavy atom. The Hall–Kier alpha value is -0.870. The van der Waals surface area contributed by atoms with Crippen LogP contribution in [0.2, 0.25) is 0 Å². The molecular formula is C13H23N3O. The molecule has 3 unspecified atom stereocenters. The van der Waals surface area contributed by atoms with Crippen LogP contribution in [0.3, 0.4) is 0 Å². The molecule has 96 valence electrons. The zero-order chi connectivity index (χ0) is 12.1. The number of hydrogen-bond donors (Lipinski definition) is 1. The topological polar surface area (TPSA) is 39.1 Å². The fourth-order valence-corrected chi connectivity index (χ4v) is 2.75. The predicted molar refractivity (Wildman–Crippen MR) is 68.0 cm³/mol. The molecule has 1 aromatic heterocycles. The molecule has 2 rings (SSSR count). The first-order chi connectivity index (χ1) is 8.35. The molecule has 0 aliphatic heterocycles. The van der Waals surface area contributed by atoms with Gasteiger partial charge in [0.2, 0.25) is 0 Å².